The second kappa shape index (κ2) is 12.5. The molecule has 0 saturated carbocycles. The Bertz CT molecular complexity index is 1020. The summed E-state index contributed by atoms with van der Waals surface area (Å²) < 4.78 is 7.48. The third-order valence-electron chi connectivity index (χ3n) is 5.95. The van der Waals surface area contributed by atoms with Crippen molar-refractivity contribution in [3.05, 3.63) is 78.1 Å². The SMILES string of the molecule is CN=C(NCc1ccccc1Cn1cccn1)NCC1CCN(c2ccccc2OC)C1.I. The zero-order chi connectivity index (χ0) is 22.2. The molecule has 8 heteroatoms. The normalized spacial score (nSPS) is 15.8. The van der Waals surface area contributed by atoms with Gasteiger partial charge in [0.25, 0.3) is 0 Å². The van der Waals surface area contributed by atoms with E-state index in [0.29, 0.717) is 5.92 Å². The van der Waals surface area contributed by atoms with Crippen LogP contribution in [0.15, 0.2) is 72.0 Å². The molecule has 4 rings (SSSR count). The van der Waals surface area contributed by atoms with Crippen LogP contribution in [0.2, 0.25) is 0 Å². The van der Waals surface area contributed by atoms with Crippen molar-refractivity contribution in [1.29, 1.82) is 0 Å². The number of para-hydroxylation sites is 2. The average molecular weight is 560 g/mol. The molecule has 0 amide bonds. The van der Waals surface area contributed by atoms with Crippen molar-refractivity contribution < 1.29 is 4.74 Å². The van der Waals surface area contributed by atoms with E-state index in [2.05, 4.69) is 62.0 Å². The summed E-state index contributed by atoms with van der Waals surface area (Å²) in [5.41, 5.74) is 3.67. The number of benzene rings is 2. The molecule has 2 aromatic carbocycles. The predicted octanol–water partition coefficient (Wildman–Crippen LogP) is 3.75. The van der Waals surface area contributed by atoms with Gasteiger partial charge in [-0.3, -0.25) is 9.67 Å². The molecule has 1 aromatic heterocycles. The van der Waals surface area contributed by atoms with Gasteiger partial charge < -0.3 is 20.3 Å². The van der Waals surface area contributed by atoms with Crippen LogP contribution in [0.3, 0.4) is 0 Å². The van der Waals surface area contributed by atoms with Crippen molar-refractivity contribution in [2.24, 2.45) is 10.9 Å². The molecule has 0 spiro atoms. The van der Waals surface area contributed by atoms with Crippen molar-refractivity contribution >= 4 is 35.6 Å². The van der Waals surface area contributed by atoms with E-state index in [1.807, 2.05) is 42.3 Å². The van der Waals surface area contributed by atoms with Crippen molar-refractivity contribution in [3.63, 3.8) is 0 Å². The first-order chi connectivity index (χ1) is 15.8. The summed E-state index contributed by atoms with van der Waals surface area (Å²) in [6, 6.07) is 18.6. The average Bonchev–Trinajstić information content (AvgIpc) is 3.52. The number of methoxy groups -OCH3 is 1. The van der Waals surface area contributed by atoms with Crippen molar-refractivity contribution in [2.75, 3.05) is 38.7 Å². The number of hydrogen-bond donors (Lipinski definition) is 2. The summed E-state index contributed by atoms with van der Waals surface area (Å²) in [4.78, 5) is 6.83. The van der Waals surface area contributed by atoms with Crippen LogP contribution in [-0.4, -0.2) is 49.5 Å². The van der Waals surface area contributed by atoms with Gasteiger partial charge in [0.15, 0.2) is 5.96 Å². The molecular formula is C25H33IN6O. The lowest BCUT2D eigenvalue weighted by molar-refractivity contribution is 0.414. The number of rotatable bonds is 8. The van der Waals surface area contributed by atoms with Gasteiger partial charge in [-0.2, -0.15) is 5.10 Å². The van der Waals surface area contributed by atoms with Crippen LogP contribution in [0.25, 0.3) is 0 Å². The van der Waals surface area contributed by atoms with E-state index < -0.39 is 0 Å². The number of anilines is 1. The Morgan fingerprint density at radius 1 is 1.09 bits per heavy atom. The Labute approximate surface area is 213 Å². The second-order valence-electron chi connectivity index (χ2n) is 8.05. The predicted molar refractivity (Wildman–Crippen MR) is 145 cm³/mol. The molecule has 1 aliphatic heterocycles. The molecular weight excluding hydrogens is 527 g/mol. The van der Waals surface area contributed by atoms with Crippen molar-refractivity contribution in [2.45, 2.75) is 19.5 Å². The number of nitrogens with one attached hydrogen (secondary N) is 2. The number of aromatic nitrogens is 2. The maximum atomic E-state index is 5.53. The molecule has 7 nitrogen and oxygen atoms in total. The van der Waals surface area contributed by atoms with Crippen LogP contribution < -0.4 is 20.3 Å². The number of guanidine groups is 1. The third kappa shape index (κ3) is 6.63. The van der Waals surface area contributed by atoms with E-state index >= 15 is 0 Å². The summed E-state index contributed by atoms with van der Waals surface area (Å²) >= 11 is 0. The largest absolute Gasteiger partial charge is 0.495 e. The fourth-order valence-electron chi connectivity index (χ4n) is 4.20. The highest BCUT2D eigenvalue weighted by Gasteiger charge is 2.24. The first-order valence-corrected chi connectivity index (χ1v) is 11.1. The maximum Gasteiger partial charge on any atom is 0.191 e. The monoisotopic (exact) mass is 560 g/mol. The quantitative estimate of drug-likeness (QED) is 0.250. The van der Waals surface area contributed by atoms with E-state index in [1.54, 1.807) is 7.11 Å². The smallest absolute Gasteiger partial charge is 0.191 e. The van der Waals surface area contributed by atoms with Crippen molar-refractivity contribution in [1.82, 2.24) is 20.4 Å². The van der Waals surface area contributed by atoms with Gasteiger partial charge in [0.2, 0.25) is 0 Å². The van der Waals surface area contributed by atoms with Crippen molar-refractivity contribution in [3.8, 4) is 5.75 Å². The molecule has 2 N–H and O–H groups in total. The molecule has 1 unspecified atom stereocenters. The number of ether oxygens (including phenoxy) is 1. The zero-order valence-corrected chi connectivity index (χ0v) is 21.6. The molecule has 1 saturated heterocycles. The van der Waals surface area contributed by atoms with Crippen LogP contribution >= 0.6 is 24.0 Å². The summed E-state index contributed by atoms with van der Waals surface area (Å²) in [5.74, 6) is 2.33. The second-order valence-corrected chi connectivity index (χ2v) is 8.05. The standard InChI is InChI=1S/C25H32N6O.HI/c1-26-25(28-17-21-8-3-4-9-22(21)19-31-14-7-13-29-31)27-16-20-12-15-30(18-20)23-10-5-6-11-24(23)32-2;/h3-11,13-14,20H,12,15-19H2,1-2H3,(H2,26,27,28);1H. The van der Waals surface area contributed by atoms with Gasteiger partial charge >= 0.3 is 0 Å². The van der Waals surface area contributed by atoms with Gasteiger partial charge in [-0.05, 0) is 41.7 Å². The van der Waals surface area contributed by atoms with Gasteiger partial charge in [-0.15, -0.1) is 24.0 Å². The Morgan fingerprint density at radius 2 is 1.88 bits per heavy atom. The Morgan fingerprint density at radius 3 is 2.64 bits per heavy atom. The molecule has 2 heterocycles. The van der Waals surface area contributed by atoms with Crippen LogP contribution in [0.4, 0.5) is 5.69 Å². The summed E-state index contributed by atoms with van der Waals surface area (Å²) in [6.45, 7) is 4.42. The molecule has 1 fully saturated rings. The lowest BCUT2D eigenvalue weighted by Crippen LogP contribution is -2.40. The Balaban J connectivity index is 0.00000306. The molecule has 3 aromatic rings. The van der Waals surface area contributed by atoms with Crippen LogP contribution in [-0.2, 0) is 13.1 Å². The molecule has 176 valence electrons. The fraction of sp³-hybridized carbons (Fsp3) is 0.360. The van der Waals surface area contributed by atoms with Crippen LogP contribution in [0.5, 0.6) is 5.75 Å². The molecule has 0 aliphatic carbocycles. The minimum atomic E-state index is 0. The summed E-state index contributed by atoms with van der Waals surface area (Å²) in [6.07, 6.45) is 4.94. The number of halogens is 1. The van der Waals surface area contributed by atoms with E-state index in [-0.39, 0.29) is 24.0 Å². The fourth-order valence-corrected chi connectivity index (χ4v) is 4.20. The van der Waals surface area contributed by atoms with Crippen LogP contribution in [0, 0.1) is 5.92 Å². The highest BCUT2D eigenvalue weighted by atomic mass is 127. The molecule has 0 radical (unpaired) electrons. The molecule has 0 bridgehead atoms. The van der Waals surface area contributed by atoms with Gasteiger partial charge in [0, 0.05) is 45.6 Å². The first kappa shape index (κ1) is 24.9. The first-order valence-electron chi connectivity index (χ1n) is 11.1. The lowest BCUT2D eigenvalue weighted by Gasteiger charge is -2.21. The zero-order valence-electron chi connectivity index (χ0n) is 19.3. The van der Waals surface area contributed by atoms with Gasteiger partial charge in [0.1, 0.15) is 5.75 Å². The minimum Gasteiger partial charge on any atom is -0.495 e. The van der Waals surface area contributed by atoms with Gasteiger partial charge in [0.05, 0.1) is 19.3 Å². The molecule has 1 atom stereocenters. The molecule has 33 heavy (non-hydrogen) atoms. The Hall–Kier alpha value is -2.75. The maximum absolute atomic E-state index is 5.53. The highest BCUT2D eigenvalue weighted by Crippen LogP contribution is 2.31. The van der Waals surface area contributed by atoms with Crippen LogP contribution in [0.1, 0.15) is 17.5 Å². The summed E-state index contributed by atoms with van der Waals surface area (Å²) in [5, 5.41) is 11.3. The van der Waals surface area contributed by atoms with Gasteiger partial charge in [-0.25, -0.2) is 0 Å². The van der Waals surface area contributed by atoms with E-state index in [1.165, 1.54) is 16.8 Å². The third-order valence-corrected chi connectivity index (χ3v) is 5.95. The number of aliphatic imine (C=N–C) groups is 1. The van der Waals surface area contributed by atoms with E-state index in [4.69, 9.17) is 4.74 Å². The van der Waals surface area contributed by atoms with Gasteiger partial charge in [-0.1, -0.05) is 36.4 Å². The number of hydrogen-bond acceptors (Lipinski definition) is 4. The minimum absolute atomic E-state index is 0. The topological polar surface area (TPSA) is 66.7 Å². The highest BCUT2D eigenvalue weighted by molar-refractivity contribution is 14.0. The van der Waals surface area contributed by atoms with E-state index in [0.717, 1.165) is 50.9 Å². The molecule has 1 aliphatic rings. The summed E-state index contributed by atoms with van der Waals surface area (Å²) in [7, 11) is 3.55. The number of nitrogens with zero attached hydrogens (tertiary/aromatic N) is 4. The van der Waals surface area contributed by atoms with E-state index in [9.17, 15) is 0 Å². The lowest BCUT2D eigenvalue weighted by atomic mass is 10.1. The Kier molecular flexibility index (Phi) is 9.41.